The number of hydrogen-bond donors (Lipinski definition) is 0. The molecule has 1 saturated carbocycles. The molecule has 0 spiro atoms. The maximum atomic E-state index is 13.3. The number of aromatic nitrogens is 5. The van der Waals surface area contributed by atoms with E-state index >= 15 is 0 Å². The standard InChI is InChI=1S/C24H24BrF3N6S2/c1-32-20(18-10-17-19(24(26,27)28)31-33(2)21(17)36-18)29-30-22(32)35-9-3-8-34-12-15-11-23(15,13-34)14-4-6-16(25)7-5-14/h4-7,10,15H,3,8-9,11-13H2,1-2H3/t15-,23+/m1/s1. The number of aryl methyl sites for hydroxylation is 1. The van der Waals surface area contributed by atoms with E-state index in [9.17, 15) is 13.2 Å². The predicted molar refractivity (Wildman–Crippen MR) is 139 cm³/mol. The molecule has 36 heavy (non-hydrogen) atoms. The molecule has 2 atom stereocenters. The molecule has 0 radical (unpaired) electrons. The van der Waals surface area contributed by atoms with Gasteiger partial charge in [0.2, 0.25) is 0 Å². The van der Waals surface area contributed by atoms with Gasteiger partial charge in [-0.25, -0.2) is 0 Å². The van der Waals surface area contributed by atoms with Crippen LogP contribution >= 0.6 is 39.0 Å². The molecule has 0 unspecified atom stereocenters. The molecule has 2 aliphatic rings. The Bertz CT molecular complexity index is 1430. The smallest absolute Gasteiger partial charge is 0.304 e. The van der Waals surface area contributed by atoms with Crippen molar-refractivity contribution in [1.82, 2.24) is 29.4 Å². The van der Waals surface area contributed by atoms with E-state index in [0.717, 1.165) is 47.4 Å². The quantitative estimate of drug-likeness (QED) is 0.194. The molecule has 2 fully saturated rings. The highest BCUT2D eigenvalue weighted by molar-refractivity contribution is 9.10. The Morgan fingerprint density at radius 2 is 1.97 bits per heavy atom. The number of thiophene rings is 1. The van der Waals surface area contributed by atoms with E-state index in [-0.39, 0.29) is 5.39 Å². The van der Waals surface area contributed by atoms with E-state index in [4.69, 9.17) is 0 Å². The summed E-state index contributed by atoms with van der Waals surface area (Å²) in [6.45, 7) is 3.34. The molecular weight excluding hydrogens is 573 g/mol. The van der Waals surface area contributed by atoms with Crippen molar-refractivity contribution in [2.75, 3.05) is 25.4 Å². The highest BCUT2D eigenvalue weighted by atomic mass is 79.9. The van der Waals surface area contributed by atoms with Crippen molar-refractivity contribution >= 4 is 49.2 Å². The molecule has 6 nitrogen and oxygen atoms in total. The van der Waals surface area contributed by atoms with Gasteiger partial charge in [-0.2, -0.15) is 18.3 Å². The molecule has 0 N–H and O–H groups in total. The third-order valence-corrected chi connectivity index (χ3v) is 10.2. The monoisotopic (exact) mass is 596 g/mol. The second-order valence-electron chi connectivity index (χ2n) is 9.67. The summed E-state index contributed by atoms with van der Waals surface area (Å²) in [6.07, 6.45) is -2.16. The van der Waals surface area contributed by atoms with Crippen molar-refractivity contribution in [2.45, 2.75) is 29.6 Å². The van der Waals surface area contributed by atoms with Crippen LogP contribution in [0.3, 0.4) is 0 Å². The number of likely N-dealkylation sites (tertiary alicyclic amines) is 1. The predicted octanol–water partition coefficient (Wildman–Crippen LogP) is 5.97. The largest absolute Gasteiger partial charge is 0.435 e. The molecule has 0 bridgehead atoms. The Morgan fingerprint density at radius 3 is 2.72 bits per heavy atom. The summed E-state index contributed by atoms with van der Waals surface area (Å²) in [5.41, 5.74) is 0.942. The van der Waals surface area contributed by atoms with Crippen LogP contribution in [0.1, 0.15) is 24.1 Å². The summed E-state index contributed by atoms with van der Waals surface area (Å²) in [7, 11) is 3.39. The van der Waals surface area contributed by atoms with Crippen LogP contribution in [0.5, 0.6) is 0 Å². The van der Waals surface area contributed by atoms with Gasteiger partial charge in [-0.1, -0.05) is 39.8 Å². The molecule has 1 aromatic carbocycles. The second-order valence-corrected chi connectivity index (χ2v) is 12.7. The Balaban J connectivity index is 1.06. The average Bonchev–Trinajstić information content (AvgIpc) is 3.22. The first-order chi connectivity index (χ1) is 17.2. The third-order valence-electron chi connectivity index (χ3n) is 7.32. The van der Waals surface area contributed by atoms with Crippen molar-refractivity contribution in [3.05, 3.63) is 46.1 Å². The highest BCUT2D eigenvalue weighted by Gasteiger charge is 2.60. The van der Waals surface area contributed by atoms with E-state index in [2.05, 4.69) is 60.4 Å². The van der Waals surface area contributed by atoms with Crippen molar-refractivity contribution in [3.63, 3.8) is 0 Å². The first kappa shape index (κ1) is 24.4. The fourth-order valence-corrected chi connectivity index (χ4v) is 7.64. The second kappa shape index (κ2) is 8.85. The summed E-state index contributed by atoms with van der Waals surface area (Å²) in [4.78, 5) is 3.70. The molecule has 0 amide bonds. The SMILES string of the molecule is Cn1c(SCCCN2C[C@H]3C[C@@]3(c3ccc(Br)cc3)C2)nnc1-c1cc2c(C(F)(F)F)nn(C)c2s1. The number of nitrogens with zero attached hydrogens (tertiary/aromatic N) is 6. The Morgan fingerprint density at radius 1 is 1.19 bits per heavy atom. The lowest BCUT2D eigenvalue weighted by Gasteiger charge is -2.21. The van der Waals surface area contributed by atoms with Crippen molar-refractivity contribution in [3.8, 4) is 10.7 Å². The molecule has 4 aromatic rings. The van der Waals surface area contributed by atoms with Crippen LogP contribution in [0, 0.1) is 5.92 Å². The summed E-state index contributed by atoms with van der Waals surface area (Å²) in [5.74, 6) is 2.25. The van der Waals surface area contributed by atoms with E-state index in [0.29, 0.717) is 20.9 Å². The lowest BCUT2D eigenvalue weighted by Crippen LogP contribution is -2.27. The molecule has 1 saturated heterocycles. The number of fused-ring (bicyclic) bond motifs is 2. The average molecular weight is 598 g/mol. The first-order valence-corrected chi connectivity index (χ1v) is 14.3. The number of piperidine rings is 1. The number of halogens is 4. The summed E-state index contributed by atoms with van der Waals surface area (Å²) < 4.78 is 44.3. The van der Waals surface area contributed by atoms with Gasteiger partial charge >= 0.3 is 6.18 Å². The minimum absolute atomic E-state index is 0.103. The van der Waals surface area contributed by atoms with Gasteiger partial charge in [-0.15, -0.1) is 21.5 Å². The minimum Gasteiger partial charge on any atom is -0.304 e. The fourth-order valence-electron chi connectivity index (χ4n) is 5.45. The zero-order valence-corrected chi connectivity index (χ0v) is 22.9. The van der Waals surface area contributed by atoms with Crippen LogP contribution in [0.2, 0.25) is 0 Å². The van der Waals surface area contributed by atoms with Gasteiger partial charge in [-0.05, 0) is 49.1 Å². The zero-order valence-electron chi connectivity index (χ0n) is 19.7. The zero-order chi connectivity index (χ0) is 25.2. The summed E-state index contributed by atoms with van der Waals surface area (Å²) >= 11 is 6.42. The van der Waals surface area contributed by atoms with Crippen LogP contribution in [0.25, 0.3) is 20.9 Å². The maximum Gasteiger partial charge on any atom is 0.435 e. The molecule has 1 aliphatic carbocycles. The molecule has 190 valence electrons. The minimum atomic E-state index is -4.49. The molecule has 12 heteroatoms. The van der Waals surface area contributed by atoms with Crippen LogP contribution < -0.4 is 0 Å². The molecule has 3 aromatic heterocycles. The van der Waals surface area contributed by atoms with Crippen molar-refractivity contribution in [1.29, 1.82) is 0 Å². The van der Waals surface area contributed by atoms with Gasteiger partial charge in [0.15, 0.2) is 16.7 Å². The van der Waals surface area contributed by atoms with Gasteiger partial charge in [0.1, 0.15) is 4.83 Å². The Labute approximate surface area is 223 Å². The van der Waals surface area contributed by atoms with E-state index in [1.807, 2.05) is 11.6 Å². The van der Waals surface area contributed by atoms with Crippen molar-refractivity contribution in [2.24, 2.45) is 20.0 Å². The first-order valence-electron chi connectivity index (χ1n) is 11.7. The molecule has 1 aliphatic heterocycles. The molecular formula is C24H24BrF3N6S2. The molecule has 6 rings (SSSR count). The number of rotatable bonds is 7. The van der Waals surface area contributed by atoms with Crippen LogP contribution in [0.15, 0.2) is 40.0 Å². The van der Waals surface area contributed by atoms with Gasteiger partial charge in [-0.3, -0.25) is 4.68 Å². The van der Waals surface area contributed by atoms with Crippen LogP contribution in [-0.2, 0) is 25.7 Å². The lowest BCUT2D eigenvalue weighted by atomic mass is 9.95. The van der Waals surface area contributed by atoms with Gasteiger partial charge in [0, 0.05) is 48.2 Å². The molecule has 4 heterocycles. The number of alkyl halides is 3. The summed E-state index contributed by atoms with van der Waals surface area (Å²) in [6, 6.07) is 10.3. The lowest BCUT2D eigenvalue weighted by molar-refractivity contribution is -0.140. The normalized spacial score (nSPS) is 22.0. The fraction of sp³-hybridized carbons (Fsp3) is 0.458. The van der Waals surface area contributed by atoms with Crippen LogP contribution in [-0.4, -0.2) is 54.8 Å². The third kappa shape index (κ3) is 4.19. The maximum absolute atomic E-state index is 13.3. The highest BCUT2D eigenvalue weighted by Crippen LogP contribution is 2.59. The van der Waals surface area contributed by atoms with Gasteiger partial charge in [0.05, 0.1) is 4.88 Å². The summed E-state index contributed by atoms with van der Waals surface area (Å²) in [5, 5.41) is 13.1. The van der Waals surface area contributed by atoms with E-state index < -0.39 is 11.9 Å². The Kier molecular flexibility index (Phi) is 6.01. The van der Waals surface area contributed by atoms with Gasteiger partial charge < -0.3 is 9.47 Å². The topological polar surface area (TPSA) is 51.8 Å². The van der Waals surface area contributed by atoms with Crippen molar-refractivity contribution < 1.29 is 13.2 Å². The number of thioether (sulfide) groups is 1. The van der Waals surface area contributed by atoms with Gasteiger partial charge in [0.25, 0.3) is 0 Å². The van der Waals surface area contributed by atoms with E-state index in [1.165, 1.54) is 41.1 Å². The Hall–Kier alpha value is -1.89. The number of benzene rings is 1. The number of hydrogen-bond acceptors (Lipinski definition) is 6. The van der Waals surface area contributed by atoms with Crippen LogP contribution in [0.4, 0.5) is 13.2 Å². The van der Waals surface area contributed by atoms with E-state index in [1.54, 1.807) is 11.8 Å².